The number of rotatable bonds is 3. The molecule has 0 saturated carbocycles. The Labute approximate surface area is 95.2 Å². The maximum atomic E-state index is 10.2. The van der Waals surface area contributed by atoms with Crippen molar-refractivity contribution in [3.63, 3.8) is 0 Å². The Morgan fingerprint density at radius 3 is 2.36 bits per heavy atom. The van der Waals surface area contributed by atoms with E-state index < -0.39 is 24.5 Å². The first kappa shape index (κ1) is 13.7. The van der Waals surface area contributed by atoms with Gasteiger partial charge in [0, 0.05) is 0 Å². The quantitative estimate of drug-likeness (QED) is 0.354. The molecule has 1 atom stereocenters. The third-order valence-electron chi connectivity index (χ3n) is 0.777. The predicted octanol–water partition coefficient (Wildman–Crippen LogP) is -1.92. The van der Waals surface area contributed by atoms with Crippen LogP contribution in [0.1, 0.15) is 9.27 Å². The summed E-state index contributed by atoms with van der Waals surface area (Å²) < 4.78 is 0. The van der Waals surface area contributed by atoms with Crippen molar-refractivity contribution in [1.29, 1.82) is 0 Å². The summed E-state index contributed by atoms with van der Waals surface area (Å²) in [5.74, 6) is 1.92. The SMILES string of the molecule is NOC(=O)CC(O)C(=O)O.[Ca+2].[H-].[H-]. The fourth-order valence-electron chi connectivity index (χ4n) is 0.293. The fraction of sp³-hybridized carbons (Fsp3) is 0.500. The standard InChI is InChI=1S/C4H7NO5.Ca.2H/c5-10-3(7)1-2(6)4(8)9;;;/h2,6H,1,5H2,(H,8,9);;;/q;+2;2*-1. The number of aliphatic hydroxyl groups excluding tert-OH is 1. The molecule has 0 aliphatic carbocycles. The molecule has 0 saturated heterocycles. The van der Waals surface area contributed by atoms with E-state index in [0.29, 0.717) is 0 Å². The smallest absolute Gasteiger partial charge is 1.00 e. The molecule has 0 aromatic carbocycles. The van der Waals surface area contributed by atoms with E-state index in [1.165, 1.54) is 0 Å². The molecule has 62 valence electrons. The van der Waals surface area contributed by atoms with Crippen LogP contribution in [0.15, 0.2) is 0 Å². The van der Waals surface area contributed by atoms with Crippen LogP contribution < -0.4 is 5.90 Å². The van der Waals surface area contributed by atoms with E-state index in [0.717, 1.165) is 0 Å². The molecule has 0 aromatic rings. The Kier molecular flexibility index (Phi) is 8.47. The topological polar surface area (TPSA) is 110 Å². The first-order valence-corrected chi connectivity index (χ1v) is 2.38. The molecule has 0 radical (unpaired) electrons. The molecule has 7 heteroatoms. The molecule has 0 rings (SSSR count). The second-order valence-corrected chi connectivity index (χ2v) is 1.55. The molecule has 0 aliphatic heterocycles. The van der Waals surface area contributed by atoms with Gasteiger partial charge < -0.3 is 17.9 Å². The molecule has 0 spiro atoms. The van der Waals surface area contributed by atoms with Crippen molar-refractivity contribution in [3.8, 4) is 0 Å². The Bertz CT molecular complexity index is 157. The Morgan fingerprint density at radius 1 is 1.64 bits per heavy atom. The first-order chi connectivity index (χ1) is 4.57. The van der Waals surface area contributed by atoms with E-state index in [-0.39, 0.29) is 40.6 Å². The third kappa shape index (κ3) is 6.52. The maximum Gasteiger partial charge on any atom is 2.00 e. The molecule has 0 amide bonds. The molecular weight excluding hydrogens is 182 g/mol. The summed E-state index contributed by atoms with van der Waals surface area (Å²) >= 11 is 0. The van der Waals surface area contributed by atoms with Gasteiger partial charge in [-0.05, 0) is 0 Å². The Morgan fingerprint density at radius 2 is 2.09 bits per heavy atom. The number of hydrogen-bond donors (Lipinski definition) is 3. The molecular formula is C4H9CaNO5. The number of hydrogen-bond acceptors (Lipinski definition) is 5. The monoisotopic (exact) mass is 191 g/mol. The third-order valence-corrected chi connectivity index (χ3v) is 0.777. The van der Waals surface area contributed by atoms with Crippen LogP contribution >= 0.6 is 0 Å². The summed E-state index contributed by atoms with van der Waals surface area (Å²) in [4.78, 5) is 23.6. The van der Waals surface area contributed by atoms with E-state index in [1.54, 1.807) is 0 Å². The van der Waals surface area contributed by atoms with Crippen molar-refractivity contribution in [1.82, 2.24) is 0 Å². The van der Waals surface area contributed by atoms with Gasteiger partial charge in [0.2, 0.25) is 0 Å². The molecule has 0 aliphatic rings. The van der Waals surface area contributed by atoms with Gasteiger partial charge in [0.05, 0.1) is 6.42 Å². The van der Waals surface area contributed by atoms with Crippen LogP contribution in [0.2, 0.25) is 0 Å². The van der Waals surface area contributed by atoms with Gasteiger partial charge in [-0.15, -0.1) is 0 Å². The molecule has 0 bridgehead atoms. The number of nitrogens with two attached hydrogens (primary N) is 1. The molecule has 11 heavy (non-hydrogen) atoms. The summed E-state index contributed by atoms with van der Waals surface area (Å²) in [6, 6.07) is 0. The van der Waals surface area contributed by atoms with E-state index in [1.807, 2.05) is 0 Å². The summed E-state index contributed by atoms with van der Waals surface area (Å²) in [7, 11) is 0. The van der Waals surface area contributed by atoms with Crippen LogP contribution in [0.4, 0.5) is 0 Å². The molecule has 0 aromatic heterocycles. The maximum absolute atomic E-state index is 10.2. The van der Waals surface area contributed by atoms with Crippen LogP contribution in [0.3, 0.4) is 0 Å². The second kappa shape index (κ2) is 6.81. The van der Waals surface area contributed by atoms with Crippen molar-refractivity contribution < 1.29 is 27.5 Å². The van der Waals surface area contributed by atoms with Crippen LogP contribution in [-0.2, 0) is 14.4 Å². The molecule has 6 nitrogen and oxygen atoms in total. The molecule has 0 heterocycles. The van der Waals surface area contributed by atoms with Crippen molar-refractivity contribution in [2.45, 2.75) is 12.5 Å². The van der Waals surface area contributed by atoms with Crippen LogP contribution in [0.25, 0.3) is 0 Å². The molecule has 1 unspecified atom stereocenters. The summed E-state index contributed by atoms with van der Waals surface area (Å²) in [6.45, 7) is 0. The van der Waals surface area contributed by atoms with E-state index in [9.17, 15) is 9.59 Å². The van der Waals surface area contributed by atoms with Crippen LogP contribution in [0, 0.1) is 0 Å². The predicted molar refractivity (Wildman–Crippen MR) is 36.5 cm³/mol. The zero-order valence-electron chi connectivity index (χ0n) is 7.69. The van der Waals surface area contributed by atoms with Crippen molar-refractivity contribution in [3.05, 3.63) is 0 Å². The summed E-state index contributed by atoms with van der Waals surface area (Å²) in [6.07, 6.45) is -2.37. The van der Waals surface area contributed by atoms with Crippen molar-refractivity contribution in [2.75, 3.05) is 0 Å². The fourth-order valence-corrected chi connectivity index (χ4v) is 0.293. The first-order valence-electron chi connectivity index (χ1n) is 2.38. The number of carbonyl (C=O) groups is 2. The zero-order chi connectivity index (χ0) is 8.15. The van der Waals surface area contributed by atoms with Gasteiger partial charge in [-0.25, -0.2) is 4.79 Å². The number of aliphatic carboxylic acids is 1. The number of carbonyl (C=O) groups excluding carboxylic acids is 1. The van der Waals surface area contributed by atoms with E-state index in [4.69, 9.17) is 10.2 Å². The summed E-state index contributed by atoms with van der Waals surface area (Å²) in [5.41, 5.74) is 0. The van der Waals surface area contributed by atoms with Gasteiger partial charge in [-0.1, -0.05) is 0 Å². The van der Waals surface area contributed by atoms with Gasteiger partial charge >= 0.3 is 49.7 Å². The zero-order valence-corrected chi connectivity index (χ0v) is 7.90. The number of aliphatic hydroxyl groups is 1. The van der Waals surface area contributed by atoms with Gasteiger partial charge in [-0.3, -0.25) is 4.79 Å². The minimum absolute atomic E-state index is 0. The largest absolute Gasteiger partial charge is 2.00 e. The van der Waals surface area contributed by atoms with Gasteiger partial charge in [0.25, 0.3) is 0 Å². The van der Waals surface area contributed by atoms with Crippen LogP contribution in [-0.4, -0.2) is 66.0 Å². The van der Waals surface area contributed by atoms with E-state index >= 15 is 0 Å². The average Bonchev–Trinajstić information content (AvgIpc) is 1.87. The van der Waals surface area contributed by atoms with Gasteiger partial charge in [0.15, 0.2) is 6.10 Å². The minimum Gasteiger partial charge on any atom is -1.00 e. The molecule has 0 fully saturated rings. The van der Waals surface area contributed by atoms with Gasteiger partial charge in [0.1, 0.15) is 0 Å². The van der Waals surface area contributed by atoms with Crippen molar-refractivity contribution >= 4 is 49.7 Å². The number of carboxylic acid groups (broad SMARTS) is 1. The van der Waals surface area contributed by atoms with Gasteiger partial charge in [-0.2, -0.15) is 5.90 Å². The average molecular weight is 191 g/mol. The van der Waals surface area contributed by atoms with Crippen LogP contribution in [0.5, 0.6) is 0 Å². The molecule has 4 N–H and O–H groups in total. The minimum atomic E-state index is -1.74. The summed E-state index contributed by atoms with van der Waals surface area (Å²) in [5, 5.41) is 16.5. The Balaban J connectivity index is -0.000000135. The Hall–Kier alpha value is 0.120. The number of carboxylic acids is 1. The van der Waals surface area contributed by atoms with E-state index in [2.05, 4.69) is 10.7 Å². The second-order valence-electron chi connectivity index (χ2n) is 1.55. The normalized spacial score (nSPS) is 11.1. The van der Waals surface area contributed by atoms with Crippen molar-refractivity contribution in [2.24, 2.45) is 5.90 Å².